The third-order valence-corrected chi connectivity index (χ3v) is 9.13. The van der Waals surface area contributed by atoms with E-state index in [1.807, 2.05) is 0 Å². The van der Waals surface area contributed by atoms with E-state index < -0.39 is 0 Å². The molecule has 134 valence electrons. The van der Waals surface area contributed by atoms with E-state index in [1.54, 1.807) is 0 Å². The van der Waals surface area contributed by atoms with Crippen LogP contribution in [0.15, 0.2) is 11.8 Å². The van der Waals surface area contributed by atoms with Crippen LogP contribution in [-0.4, -0.2) is 10.9 Å². The predicted octanol–water partition coefficient (Wildman–Crippen LogP) is 5.68. The van der Waals surface area contributed by atoms with Gasteiger partial charge in [0.1, 0.15) is 0 Å². The second kappa shape index (κ2) is 5.11. The highest BCUT2D eigenvalue weighted by atomic mass is 16.2. The Balaban J connectivity index is 1.73. The Morgan fingerprint density at radius 1 is 1.00 bits per heavy atom. The highest BCUT2D eigenvalue weighted by Crippen LogP contribution is 2.68. The van der Waals surface area contributed by atoms with Gasteiger partial charge < -0.3 is 5.11 Å². The molecule has 4 aliphatic carbocycles. The predicted molar refractivity (Wildman–Crippen MR) is 96.6 cm³/mol. The number of hydrogen-bond acceptors (Lipinski definition) is 2. The van der Waals surface area contributed by atoms with Crippen molar-refractivity contribution in [3.05, 3.63) is 11.8 Å². The number of aliphatic hydroxyl groups excluding tert-OH is 1. The molecule has 0 unspecified atom stereocenters. The molecule has 4 fully saturated rings. The van der Waals surface area contributed by atoms with Gasteiger partial charge in [0.2, 0.25) is 0 Å². The van der Waals surface area contributed by atoms with Gasteiger partial charge in [-0.3, -0.25) is 4.79 Å². The molecule has 24 heavy (non-hydrogen) atoms. The molecule has 0 aromatic heterocycles. The molecular formula is C22H34O2. The summed E-state index contributed by atoms with van der Waals surface area (Å²) >= 11 is 0. The Bertz CT molecular complexity index is 589. The number of ketones is 1. The van der Waals surface area contributed by atoms with Gasteiger partial charge >= 0.3 is 0 Å². The first-order valence-electron chi connectivity index (χ1n) is 10.1. The Kier molecular flexibility index (Phi) is 3.55. The van der Waals surface area contributed by atoms with E-state index in [2.05, 4.69) is 27.7 Å². The first-order valence-corrected chi connectivity index (χ1v) is 10.1. The van der Waals surface area contributed by atoms with Crippen molar-refractivity contribution in [3.63, 3.8) is 0 Å². The Hall–Kier alpha value is -0.790. The van der Waals surface area contributed by atoms with Crippen molar-refractivity contribution in [2.24, 2.45) is 39.9 Å². The third-order valence-electron chi connectivity index (χ3n) is 9.13. The fourth-order valence-corrected chi connectivity index (χ4v) is 8.06. The maximum Gasteiger partial charge on any atom is 0.167 e. The zero-order chi connectivity index (χ0) is 17.3. The van der Waals surface area contributed by atoms with E-state index in [1.165, 1.54) is 44.9 Å². The molecule has 4 saturated carbocycles. The molecule has 1 N–H and O–H groups in total. The fraction of sp³-hybridized carbons (Fsp3) is 0.864. The molecule has 0 amide bonds. The van der Waals surface area contributed by atoms with Crippen LogP contribution in [0.25, 0.3) is 0 Å². The largest absolute Gasteiger partial charge is 0.515 e. The van der Waals surface area contributed by atoms with Crippen LogP contribution in [-0.2, 0) is 4.79 Å². The van der Waals surface area contributed by atoms with E-state index in [0.717, 1.165) is 30.4 Å². The minimum Gasteiger partial charge on any atom is -0.515 e. The van der Waals surface area contributed by atoms with Crippen LogP contribution in [0.1, 0.15) is 79.1 Å². The van der Waals surface area contributed by atoms with E-state index in [0.29, 0.717) is 16.9 Å². The van der Waals surface area contributed by atoms with Gasteiger partial charge in [-0.25, -0.2) is 0 Å². The van der Waals surface area contributed by atoms with Crippen LogP contribution < -0.4 is 0 Å². The molecular weight excluding hydrogens is 296 g/mol. The minimum absolute atomic E-state index is 0.179. The Morgan fingerprint density at radius 3 is 2.46 bits per heavy atom. The van der Waals surface area contributed by atoms with Gasteiger partial charge in [-0.15, -0.1) is 0 Å². The van der Waals surface area contributed by atoms with E-state index in [9.17, 15) is 9.90 Å². The van der Waals surface area contributed by atoms with Crippen LogP contribution in [0.3, 0.4) is 0 Å². The number of fused-ring (bicyclic) bond motifs is 5. The fourth-order valence-electron chi connectivity index (χ4n) is 8.06. The molecule has 2 heteroatoms. The number of Topliss-reactive ketones (excluding diaryl/α,β-unsaturated/α-hetero) is 1. The molecule has 6 atom stereocenters. The van der Waals surface area contributed by atoms with Gasteiger partial charge in [0.15, 0.2) is 5.78 Å². The average molecular weight is 331 g/mol. The number of hydrogen-bond donors (Lipinski definition) is 1. The molecule has 0 heterocycles. The van der Waals surface area contributed by atoms with Crippen LogP contribution in [0.4, 0.5) is 0 Å². The summed E-state index contributed by atoms with van der Waals surface area (Å²) in [5, 5.41) is 9.70. The normalized spacial score (nSPS) is 51.8. The monoisotopic (exact) mass is 330 g/mol. The van der Waals surface area contributed by atoms with Gasteiger partial charge in [-0.05, 0) is 79.4 Å². The smallest absolute Gasteiger partial charge is 0.167 e. The van der Waals surface area contributed by atoms with E-state index >= 15 is 0 Å². The zero-order valence-electron chi connectivity index (χ0n) is 15.9. The summed E-state index contributed by atoms with van der Waals surface area (Å²) in [6.07, 6.45) is 11.4. The molecule has 0 bridgehead atoms. The lowest BCUT2D eigenvalue weighted by Gasteiger charge is -2.63. The standard InChI is InChI=1S/C22H34O2/c1-20(2)18-8-7-15-16-6-5-10-21(16,3)11-9-17(15)22(18,4)12-14(13-23)19(20)24/h13,15-18,23H,5-12H2,1-4H3/b14-13-/t15-,16+,17+,18-,21+,22-/m0/s1. The molecule has 0 spiro atoms. The quantitative estimate of drug-likeness (QED) is 0.458. The summed E-state index contributed by atoms with van der Waals surface area (Å²) in [5.41, 5.74) is 1.11. The van der Waals surface area contributed by atoms with Crippen LogP contribution >= 0.6 is 0 Å². The first-order chi connectivity index (χ1) is 11.2. The van der Waals surface area contributed by atoms with Crippen LogP contribution in [0, 0.1) is 39.9 Å². The highest BCUT2D eigenvalue weighted by molar-refractivity contribution is 6.00. The molecule has 0 aliphatic heterocycles. The zero-order valence-corrected chi connectivity index (χ0v) is 15.9. The summed E-state index contributed by atoms with van der Waals surface area (Å²) < 4.78 is 0. The van der Waals surface area contributed by atoms with Crippen molar-refractivity contribution in [3.8, 4) is 0 Å². The number of carbonyl (C=O) groups is 1. The second-order valence-electron chi connectivity index (χ2n) is 10.5. The summed E-state index contributed by atoms with van der Waals surface area (Å²) in [4.78, 5) is 12.8. The van der Waals surface area contributed by atoms with Gasteiger partial charge in [-0.1, -0.05) is 34.1 Å². The molecule has 0 aromatic rings. The number of carbonyl (C=O) groups excluding carboxylic acids is 1. The van der Waals surface area contributed by atoms with Crippen molar-refractivity contribution in [1.29, 1.82) is 0 Å². The summed E-state index contributed by atoms with van der Waals surface area (Å²) in [6.45, 7) is 9.25. The Labute approximate surface area is 147 Å². The molecule has 0 saturated heterocycles. The van der Waals surface area contributed by atoms with E-state index in [-0.39, 0.29) is 16.6 Å². The van der Waals surface area contributed by atoms with Gasteiger partial charge in [-0.2, -0.15) is 0 Å². The van der Waals surface area contributed by atoms with Crippen LogP contribution in [0.2, 0.25) is 0 Å². The SMILES string of the molecule is CC1(C)C(=O)/C(=C\O)C[C@@]2(C)[C@@H]3CC[C@@]4(C)CCC[C@@H]4[C@@H]3CC[C@@H]12. The van der Waals surface area contributed by atoms with Gasteiger partial charge in [0.05, 0.1) is 6.26 Å². The van der Waals surface area contributed by atoms with Gasteiger partial charge in [0.25, 0.3) is 0 Å². The van der Waals surface area contributed by atoms with Crippen molar-refractivity contribution in [2.45, 2.75) is 79.1 Å². The lowest BCUT2D eigenvalue weighted by Crippen LogP contribution is -2.58. The maximum absolute atomic E-state index is 12.8. The molecule has 2 nitrogen and oxygen atoms in total. The van der Waals surface area contributed by atoms with Crippen molar-refractivity contribution < 1.29 is 9.90 Å². The van der Waals surface area contributed by atoms with Gasteiger partial charge in [0, 0.05) is 11.0 Å². The van der Waals surface area contributed by atoms with Crippen molar-refractivity contribution in [1.82, 2.24) is 0 Å². The lowest BCUT2D eigenvalue weighted by atomic mass is 9.41. The molecule has 4 rings (SSSR count). The summed E-state index contributed by atoms with van der Waals surface area (Å²) in [6, 6.07) is 0. The van der Waals surface area contributed by atoms with E-state index in [4.69, 9.17) is 0 Å². The minimum atomic E-state index is -0.330. The molecule has 4 aliphatic rings. The maximum atomic E-state index is 12.8. The second-order valence-corrected chi connectivity index (χ2v) is 10.5. The molecule has 0 aromatic carbocycles. The van der Waals surface area contributed by atoms with Crippen molar-refractivity contribution in [2.75, 3.05) is 0 Å². The first kappa shape index (κ1) is 16.7. The number of aliphatic hydroxyl groups is 1. The number of rotatable bonds is 0. The topological polar surface area (TPSA) is 37.3 Å². The van der Waals surface area contributed by atoms with Crippen LogP contribution in [0.5, 0.6) is 0 Å². The van der Waals surface area contributed by atoms with Crippen molar-refractivity contribution >= 4 is 5.78 Å². The third kappa shape index (κ3) is 1.98. The highest BCUT2D eigenvalue weighted by Gasteiger charge is 2.62. The summed E-state index contributed by atoms with van der Waals surface area (Å²) in [5.74, 6) is 3.13. The summed E-state index contributed by atoms with van der Waals surface area (Å²) in [7, 11) is 0. The Morgan fingerprint density at radius 2 is 1.75 bits per heavy atom. The molecule has 0 radical (unpaired) electrons. The number of allylic oxidation sites excluding steroid dienone is 1. The average Bonchev–Trinajstić information content (AvgIpc) is 2.93. The lowest BCUT2D eigenvalue weighted by molar-refractivity contribution is -0.154.